The number of carbonyl (C=O) groups excluding carboxylic acids is 2. The van der Waals surface area contributed by atoms with Crippen LogP contribution < -0.4 is 10.6 Å². The first-order chi connectivity index (χ1) is 13.2. The van der Waals surface area contributed by atoms with Crippen molar-refractivity contribution in [3.05, 3.63) is 29.3 Å². The SMILES string of the molecule is CCCCNC(=O)NC(=O)CN1CCN(S(=O)(=O)c2ccc(C)cc2C)CC1. The molecule has 1 heterocycles. The number of piperazine rings is 1. The minimum Gasteiger partial charge on any atom is -0.338 e. The van der Waals surface area contributed by atoms with E-state index in [0.717, 1.165) is 24.0 Å². The summed E-state index contributed by atoms with van der Waals surface area (Å²) >= 11 is 0. The highest BCUT2D eigenvalue weighted by atomic mass is 32.2. The second kappa shape index (κ2) is 9.99. The van der Waals surface area contributed by atoms with Crippen LogP contribution in [0.3, 0.4) is 0 Å². The Morgan fingerprint density at radius 1 is 1.11 bits per heavy atom. The molecule has 0 unspecified atom stereocenters. The molecule has 156 valence electrons. The van der Waals surface area contributed by atoms with Crippen molar-refractivity contribution in [2.24, 2.45) is 0 Å². The number of rotatable bonds is 7. The van der Waals surface area contributed by atoms with E-state index in [0.29, 0.717) is 37.6 Å². The molecule has 1 fully saturated rings. The smallest absolute Gasteiger partial charge is 0.321 e. The first-order valence-electron chi connectivity index (χ1n) is 9.61. The number of amides is 3. The van der Waals surface area contributed by atoms with E-state index >= 15 is 0 Å². The summed E-state index contributed by atoms with van der Waals surface area (Å²) in [7, 11) is -3.55. The number of benzene rings is 1. The van der Waals surface area contributed by atoms with E-state index in [1.165, 1.54) is 4.31 Å². The molecule has 0 bridgehead atoms. The lowest BCUT2D eigenvalue weighted by Gasteiger charge is -2.33. The van der Waals surface area contributed by atoms with Gasteiger partial charge in [0.2, 0.25) is 15.9 Å². The van der Waals surface area contributed by atoms with Crippen LogP contribution in [0, 0.1) is 13.8 Å². The zero-order chi connectivity index (χ0) is 20.7. The van der Waals surface area contributed by atoms with Gasteiger partial charge < -0.3 is 5.32 Å². The molecule has 9 heteroatoms. The number of nitrogens with one attached hydrogen (secondary N) is 2. The molecule has 1 aliphatic rings. The summed E-state index contributed by atoms with van der Waals surface area (Å²) in [6.07, 6.45) is 1.82. The highest BCUT2D eigenvalue weighted by molar-refractivity contribution is 7.89. The van der Waals surface area contributed by atoms with Crippen LogP contribution in [0.4, 0.5) is 4.79 Å². The lowest BCUT2D eigenvalue weighted by atomic mass is 10.2. The van der Waals surface area contributed by atoms with Gasteiger partial charge in [-0.25, -0.2) is 13.2 Å². The number of hydrogen-bond acceptors (Lipinski definition) is 5. The molecule has 0 radical (unpaired) electrons. The molecular weight excluding hydrogens is 380 g/mol. The molecule has 1 saturated heterocycles. The molecule has 1 aromatic carbocycles. The molecule has 1 aliphatic heterocycles. The van der Waals surface area contributed by atoms with Crippen LogP contribution in [0.5, 0.6) is 0 Å². The summed E-state index contributed by atoms with van der Waals surface area (Å²) in [5.41, 5.74) is 1.75. The summed E-state index contributed by atoms with van der Waals surface area (Å²) in [5.74, 6) is -0.389. The van der Waals surface area contributed by atoms with Crippen molar-refractivity contribution in [2.75, 3.05) is 39.3 Å². The number of urea groups is 1. The molecule has 0 spiro atoms. The van der Waals surface area contributed by atoms with Gasteiger partial charge in [0.1, 0.15) is 0 Å². The number of imide groups is 1. The average molecular weight is 411 g/mol. The van der Waals surface area contributed by atoms with Crippen molar-refractivity contribution in [3.8, 4) is 0 Å². The highest BCUT2D eigenvalue weighted by Gasteiger charge is 2.30. The maximum Gasteiger partial charge on any atom is 0.321 e. The van der Waals surface area contributed by atoms with Gasteiger partial charge >= 0.3 is 6.03 Å². The standard InChI is InChI=1S/C19H30N4O4S/c1-4-5-8-20-19(25)21-18(24)14-22-9-11-23(12-10-22)28(26,27)17-7-6-15(2)13-16(17)3/h6-7,13H,4-5,8-12,14H2,1-3H3,(H2,20,21,24,25). The molecule has 3 amide bonds. The predicted octanol–water partition coefficient (Wildman–Crippen LogP) is 1.24. The number of carbonyl (C=O) groups is 2. The van der Waals surface area contributed by atoms with Crippen LogP contribution >= 0.6 is 0 Å². The van der Waals surface area contributed by atoms with E-state index in [1.54, 1.807) is 19.1 Å². The monoisotopic (exact) mass is 410 g/mol. The quantitative estimate of drug-likeness (QED) is 0.659. The largest absolute Gasteiger partial charge is 0.338 e. The Balaban J connectivity index is 1.85. The summed E-state index contributed by atoms with van der Waals surface area (Å²) < 4.78 is 27.2. The predicted molar refractivity (Wildman–Crippen MR) is 108 cm³/mol. The van der Waals surface area contributed by atoms with Crippen LogP contribution in [0.1, 0.15) is 30.9 Å². The molecule has 1 aromatic rings. The van der Waals surface area contributed by atoms with Gasteiger partial charge in [0.05, 0.1) is 11.4 Å². The molecule has 2 N–H and O–H groups in total. The Morgan fingerprint density at radius 3 is 2.39 bits per heavy atom. The average Bonchev–Trinajstić information content (AvgIpc) is 2.62. The topological polar surface area (TPSA) is 98.8 Å². The van der Waals surface area contributed by atoms with Gasteiger partial charge in [-0.2, -0.15) is 4.31 Å². The fourth-order valence-electron chi connectivity index (χ4n) is 3.15. The van der Waals surface area contributed by atoms with Crippen molar-refractivity contribution in [2.45, 2.75) is 38.5 Å². The van der Waals surface area contributed by atoms with E-state index in [4.69, 9.17) is 0 Å². The molecular formula is C19H30N4O4S. The summed E-state index contributed by atoms with van der Waals surface area (Å²) in [6, 6.07) is 4.82. The summed E-state index contributed by atoms with van der Waals surface area (Å²) in [5, 5.41) is 4.93. The third-order valence-corrected chi connectivity index (χ3v) is 6.77. The van der Waals surface area contributed by atoms with Crippen LogP contribution in [-0.4, -0.2) is 68.8 Å². The van der Waals surface area contributed by atoms with Gasteiger partial charge in [0, 0.05) is 32.7 Å². The minimum atomic E-state index is -3.55. The molecule has 28 heavy (non-hydrogen) atoms. The third kappa shape index (κ3) is 6.02. The van der Waals surface area contributed by atoms with Gasteiger partial charge in [-0.3, -0.25) is 15.0 Å². The molecule has 0 saturated carbocycles. The molecule has 0 aliphatic carbocycles. The maximum atomic E-state index is 12.9. The zero-order valence-electron chi connectivity index (χ0n) is 16.8. The van der Waals surface area contributed by atoms with E-state index in [1.807, 2.05) is 24.8 Å². The van der Waals surface area contributed by atoms with Gasteiger partial charge in [-0.1, -0.05) is 31.0 Å². The Kier molecular flexibility index (Phi) is 7.97. The fourth-order valence-corrected chi connectivity index (χ4v) is 4.78. The van der Waals surface area contributed by atoms with E-state index in [-0.39, 0.29) is 12.5 Å². The highest BCUT2D eigenvalue weighted by Crippen LogP contribution is 2.22. The molecule has 0 atom stereocenters. The van der Waals surface area contributed by atoms with Gasteiger partial charge in [-0.15, -0.1) is 0 Å². The Hall–Kier alpha value is -1.97. The van der Waals surface area contributed by atoms with Crippen LogP contribution in [0.2, 0.25) is 0 Å². The third-order valence-electron chi connectivity index (χ3n) is 4.72. The second-order valence-electron chi connectivity index (χ2n) is 7.11. The van der Waals surface area contributed by atoms with E-state index in [9.17, 15) is 18.0 Å². The van der Waals surface area contributed by atoms with Crippen molar-refractivity contribution < 1.29 is 18.0 Å². The molecule has 2 rings (SSSR count). The van der Waals surface area contributed by atoms with E-state index < -0.39 is 16.1 Å². The zero-order valence-corrected chi connectivity index (χ0v) is 17.6. The normalized spacial score (nSPS) is 16.0. The number of hydrogen-bond donors (Lipinski definition) is 2. The first-order valence-corrected chi connectivity index (χ1v) is 11.1. The minimum absolute atomic E-state index is 0.0681. The Labute approximate surface area is 167 Å². The number of unbranched alkanes of at least 4 members (excludes halogenated alkanes) is 1. The number of sulfonamides is 1. The van der Waals surface area contributed by atoms with Crippen molar-refractivity contribution in [1.82, 2.24) is 19.8 Å². The van der Waals surface area contributed by atoms with Gasteiger partial charge in [0.25, 0.3) is 0 Å². The van der Waals surface area contributed by atoms with Gasteiger partial charge in [0.15, 0.2) is 0 Å². The summed E-state index contributed by atoms with van der Waals surface area (Å²) in [6.45, 7) is 7.85. The second-order valence-corrected chi connectivity index (χ2v) is 9.01. The summed E-state index contributed by atoms with van der Waals surface area (Å²) in [4.78, 5) is 25.8. The number of nitrogens with zero attached hydrogens (tertiary/aromatic N) is 2. The lowest BCUT2D eigenvalue weighted by Crippen LogP contribution is -2.52. The van der Waals surface area contributed by atoms with Crippen LogP contribution in [0.15, 0.2) is 23.1 Å². The lowest BCUT2D eigenvalue weighted by molar-refractivity contribution is -0.121. The Morgan fingerprint density at radius 2 is 1.79 bits per heavy atom. The molecule has 8 nitrogen and oxygen atoms in total. The number of aryl methyl sites for hydroxylation is 2. The Bertz CT molecular complexity index is 802. The molecule has 0 aromatic heterocycles. The van der Waals surface area contributed by atoms with Gasteiger partial charge in [-0.05, 0) is 31.9 Å². The first kappa shape index (κ1) is 22.3. The van der Waals surface area contributed by atoms with E-state index in [2.05, 4.69) is 10.6 Å². The maximum absolute atomic E-state index is 12.9. The fraction of sp³-hybridized carbons (Fsp3) is 0.579. The van der Waals surface area contributed by atoms with Crippen molar-refractivity contribution in [3.63, 3.8) is 0 Å². The van der Waals surface area contributed by atoms with Crippen molar-refractivity contribution in [1.29, 1.82) is 0 Å². The van der Waals surface area contributed by atoms with Crippen molar-refractivity contribution >= 4 is 22.0 Å². The van der Waals surface area contributed by atoms with Crippen LogP contribution in [0.25, 0.3) is 0 Å². The van der Waals surface area contributed by atoms with Crippen LogP contribution in [-0.2, 0) is 14.8 Å².